The van der Waals surface area contributed by atoms with E-state index in [1.54, 1.807) is 0 Å². The second-order valence-electron chi connectivity index (χ2n) is 3.69. The van der Waals surface area contributed by atoms with Crippen molar-refractivity contribution in [2.45, 2.75) is 37.6 Å². The lowest BCUT2D eigenvalue weighted by atomic mass is 9.97. The van der Waals surface area contributed by atoms with Crippen molar-refractivity contribution in [2.75, 3.05) is 0 Å². The van der Waals surface area contributed by atoms with E-state index in [1.165, 1.54) is 0 Å². The van der Waals surface area contributed by atoms with Crippen LogP contribution in [0.2, 0.25) is 0 Å². The maximum Gasteiger partial charge on any atom is 0.317 e. The summed E-state index contributed by atoms with van der Waals surface area (Å²) in [6.07, 6.45) is -5.81. The number of aliphatic hydroxyl groups is 2. The third-order valence-corrected chi connectivity index (χ3v) is 2.85. The van der Waals surface area contributed by atoms with Crippen LogP contribution in [-0.4, -0.2) is 57.9 Å². The number of amides is 1. The fourth-order valence-electron chi connectivity index (χ4n) is 1.64. The number of rotatable bonds is 4. The summed E-state index contributed by atoms with van der Waals surface area (Å²) in [5.74, 6) is -0.554. The van der Waals surface area contributed by atoms with Crippen LogP contribution < -0.4 is 5.32 Å². The summed E-state index contributed by atoms with van der Waals surface area (Å²) in [4.78, 5) is 30.2. The first-order valence-corrected chi connectivity index (χ1v) is 6.26. The maximum atomic E-state index is 10.9. The first-order valence-electron chi connectivity index (χ1n) is 5.00. The van der Waals surface area contributed by atoms with Crippen LogP contribution in [0.25, 0.3) is 0 Å². The second-order valence-corrected chi connectivity index (χ2v) is 4.46. The van der Waals surface area contributed by atoms with Gasteiger partial charge in [0.2, 0.25) is 5.91 Å². The third-order valence-electron chi connectivity index (χ3n) is 2.37. The van der Waals surface area contributed by atoms with Gasteiger partial charge in [-0.2, -0.15) is 0 Å². The molecule has 0 saturated carbocycles. The Bertz CT molecular complexity index is 350. The monoisotopic (exact) mass is 283 g/mol. The smallest absolute Gasteiger partial charge is 0.317 e. The molecule has 18 heavy (non-hydrogen) atoms. The zero-order valence-corrected chi connectivity index (χ0v) is 10.3. The zero-order chi connectivity index (χ0) is 13.9. The van der Waals surface area contributed by atoms with E-state index >= 15 is 0 Å². The number of hydrogen-bond donors (Lipinski definition) is 4. The Morgan fingerprint density at radius 3 is 2.56 bits per heavy atom. The fraction of sp³-hybridized carbons (Fsp3) is 0.750. The Morgan fingerprint density at radius 1 is 1.50 bits per heavy atom. The third kappa shape index (κ3) is 3.58. The Kier molecular flexibility index (Phi) is 5.39. The molecule has 0 aromatic rings. The molecule has 1 aliphatic rings. The summed E-state index contributed by atoms with van der Waals surface area (Å²) in [7, 11) is -3.42. The van der Waals surface area contributed by atoms with Gasteiger partial charge in [-0.25, -0.2) is 0 Å². The van der Waals surface area contributed by atoms with Crippen molar-refractivity contribution in [3.8, 4) is 0 Å². The molecule has 1 aliphatic heterocycles. The van der Waals surface area contributed by atoms with Gasteiger partial charge >= 0.3 is 8.25 Å². The summed E-state index contributed by atoms with van der Waals surface area (Å²) in [5, 5.41) is 21.5. The predicted octanol–water partition coefficient (Wildman–Crippen LogP) is -2.46. The summed E-state index contributed by atoms with van der Waals surface area (Å²) < 4.78 is 19.9. The summed E-state index contributed by atoms with van der Waals surface area (Å²) in [6, 6.07) is -1.26. The van der Waals surface area contributed by atoms with Gasteiger partial charge in [-0.05, 0) is 0 Å². The van der Waals surface area contributed by atoms with Crippen molar-refractivity contribution in [2.24, 2.45) is 0 Å². The van der Waals surface area contributed by atoms with Crippen molar-refractivity contribution in [1.29, 1.82) is 0 Å². The largest absolute Gasteiger partial charge is 0.388 e. The van der Waals surface area contributed by atoms with E-state index < -0.39 is 44.8 Å². The van der Waals surface area contributed by atoms with Crippen molar-refractivity contribution in [3.05, 3.63) is 0 Å². The van der Waals surface area contributed by atoms with Gasteiger partial charge in [0.15, 0.2) is 12.6 Å². The minimum Gasteiger partial charge on any atom is -0.388 e. The standard InChI is InChI=1S/C8H14NO8P/c1-3(11)9-5-6(12)7(17-18(14)15)4(2-10)16-8(5)13/h2,4-8,12-13,18H,1H3,(H,9,11)(H,14,15). The fourth-order valence-corrected chi connectivity index (χ4v) is 2.15. The SMILES string of the molecule is CC(=O)NC1C(O)OC(C=O)C(O[PH](=O)O)C1O. The van der Waals surface area contributed by atoms with Crippen LogP contribution in [0.15, 0.2) is 0 Å². The average molecular weight is 283 g/mol. The van der Waals surface area contributed by atoms with E-state index in [0.29, 0.717) is 0 Å². The van der Waals surface area contributed by atoms with E-state index in [2.05, 4.69) is 9.84 Å². The van der Waals surface area contributed by atoms with Crippen molar-refractivity contribution in [3.63, 3.8) is 0 Å². The number of hydrogen-bond acceptors (Lipinski definition) is 7. The number of nitrogens with one attached hydrogen (secondary N) is 1. The molecule has 0 spiro atoms. The van der Waals surface area contributed by atoms with E-state index in [-0.39, 0.29) is 6.29 Å². The van der Waals surface area contributed by atoms with Gasteiger partial charge in [0.1, 0.15) is 24.4 Å². The number of aliphatic hydroxyl groups excluding tert-OH is 2. The minimum atomic E-state index is -3.42. The lowest BCUT2D eigenvalue weighted by molar-refractivity contribution is -0.233. The van der Waals surface area contributed by atoms with Gasteiger partial charge in [-0.1, -0.05) is 0 Å². The van der Waals surface area contributed by atoms with Gasteiger partial charge in [-0.3, -0.25) is 9.36 Å². The molecular formula is C8H14NO8P. The van der Waals surface area contributed by atoms with Crippen LogP contribution in [0.4, 0.5) is 0 Å². The zero-order valence-electron chi connectivity index (χ0n) is 9.35. The molecule has 1 heterocycles. The van der Waals surface area contributed by atoms with E-state index in [1.807, 2.05) is 0 Å². The van der Waals surface area contributed by atoms with Gasteiger partial charge in [-0.15, -0.1) is 0 Å². The van der Waals surface area contributed by atoms with Crippen molar-refractivity contribution < 1.29 is 38.5 Å². The molecule has 6 unspecified atom stereocenters. The van der Waals surface area contributed by atoms with E-state index in [4.69, 9.17) is 9.63 Å². The predicted molar refractivity (Wildman–Crippen MR) is 56.6 cm³/mol. The summed E-state index contributed by atoms with van der Waals surface area (Å²) >= 11 is 0. The molecule has 0 aromatic heterocycles. The molecule has 1 rings (SSSR count). The Morgan fingerprint density at radius 2 is 2.11 bits per heavy atom. The molecule has 1 saturated heterocycles. The van der Waals surface area contributed by atoms with Crippen LogP contribution >= 0.6 is 8.25 Å². The molecular weight excluding hydrogens is 269 g/mol. The van der Waals surface area contributed by atoms with Crippen LogP contribution in [0.3, 0.4) is 0 Å². The van der Waals surface area contributed by atoms with Crippen LogP contribution in [0.5, 0.6) is 0 Å². The molecule has 0 radical (unpaired) electrons. The number of carbonyl (C=O) groups is 2. The highest BCUT2D eigenvalue weighted by Crippen LogP contribution is 2.28. The Labute approximate surface area is 103 Å². The first kappa shape index (κ1) is 15.2. The quantitative estimate of drug-likeness (QED) is 0.328. The number of aldehydes is 1. The van der Waals surface area contributed by atoms with Crippen molar-refractivity contribution in [1.82, 2.24) is 5.32 Å². The summed E-state index contributed by atoms with van der Waals surface area (Å²) in [5.41, 5.74) is 0. The molecule has 10 heteroatoms. The average Bonchev–Trinajstić information content (AvgIpc) is 2.27. The maximum absolute atomic E-state index is 10.9. The molecule has 4 N–H and O–H groups in total. The van der Waals surface area contributed by atoms with Crippen LogP contribution in [-0.2, 0) is 23.4 Å². The highest BCUT2D eigenvalue weighted by atomic mass is 31.1. The molecule has 1 fully saturated rings. The highest BCUT2D eigenvalue weighted by molar-refractivity contribution is 7.32. The number of ether oxygens (including phenoxy) is 1. The van der Waals surface area contributed by atoms with Gasteiger partial charge in [0.05, 0.1) is 0 Å². The van der Waals surface area contributed by atoms with Gasteiger partial charge in [0.25, 0.3) is 0 Å². The molecule has 0 aromatic carbocycles. The molecule has 6 atom stereocenters. The summed E-state index contributed by atoms with van der Waals surface area (Å²) in [6.45, 7) is 1.15. The first-order chi connectivity index (χ1) is 8.36. The topological polar surface area (TPSA) is 142 Å². The van der Waals surface area contributed by atoms with Gasteiger partial charge in [0, 0.05) is 6.92 Å². The highest BCUT2D eigenvalue weighted by Gasteiger charge is 2.46. The normalized spacial score (nSPS) is 37.9. The minimum absolute atomic E-state index is 0.228. The van der Waals surface area contributed by atoms with Crippen LogP contribution in [0.1, 0.15) is 6.92 Å². The van der Waals surface area contributed by atoms with E-state index in [0.717, 1.165) is 6.92 Å². The lowest BCUT2D eigenvalue weighted by Gasteiger charge is -2.40. The number of carbonyl (C=O) groups excluding carboxylic acids is 2. The molecule has 1 amide bonds. The second kappa shape index (κ2) is 6.37. The molecule has 0 bridgehead atoms. The van der Waals surface area contributed by atoms with Gasteiger partial charge < -0.3 is 34.5 Å². The molecule has 104 valence electrons. The molecule has 0 aliphatic carbocycles. The lowest BCUT2D eigenvalue weighted by Crippen LogP contribution is -2.63. The van der Waals surface area contributed by atoms with Crippen LogP contribution in [0, 0.1) is 0 Å². The molecule has 9 nitrogen and oxygen atoms in total. The van der Waals surface area contributed by atoms with E-state index in [9.17, 15) is 24.4 Å². The Hall–Kier alpha value is -0.830. The van der Waals surface area contributed by atoms with Crippen molar-refractivity contribution >= 4 is 20.4 Å². The Balaban J connectivity index is 2.88.